The summed E-state index contributed by atoms with van der Waals surface area (Å²) in [4.78, 5) is 0. The Kier molecular flexibility index (Phi) is 3.37. The van der Waals surface area contributed by atoms with E-state index in [1.807, 2.05) is 30.2 Å². The zero-order valence-electron chi connectivity index (χ0n) is 6.83. The van der Waals surface area contributed by atoms with Gasteiger partial charge in [-0.1, -0.05) is 29.8 Å². The molecule has 0 aliphatic carbocycles. The number of nitrogens with zero attached hydrogens (tertiary/aromatic N) is 1. The van der Waals surface area contributed by atoms with Gasteiger partial charge in [0.25, 0.3) is 7.28 Å². The molecule has 0 atom stereocenters. The molecule has 59 valence electrons. The molecule has 0 aliphatic heterocycles. The molecule has 0 fully saturated rings. The van der Waals surface area contributed by atoms with Gasteiger partial charge in [0.1, 0.15) is 0 Å². The quantitative estimate of drug-likeness (QED) is 0.660. The van der Waals surface area contributed by atoms with Crippen LogP contribution in [0.5, 0.6) is 0 Å². The first-order valence-electron chi connectivity index (χ1n) is 3.86. The van der Waals surface area contributed by atoms with Crippen LogP contribution in [-0.4, -0.2) is 7.28 Å². The summed E-state index contributed by atoms with van der Waals surface area (Å²) in [5, 5.41) is 8.30. The maximum Gasteiger partial charge on any atom is 0.259 e. The Morgan fingerprint density at radius 3 is 2.33 bits per heavy atom. The molecule has 0 spiro atoms. The first-order valence-corrected chi connectivity index (χ1v) is 3.86. The van der Waals surface area contributed by atoms with E-state index in [0.717, 1.165) is 11.1 Å². The van der Waals surface area contributed by atoms with E-state index < -0.39 is 0 Å². The second-order valence-electron chi connectivity index (χ2n) is 2.56. The smallest absolute Gasteiger partial charge is 0.259 e. The summed E-state index contributed by atoms with van der Waals surface area (Å²) in [5.41, 5.74) is 7.71. The van der Waals surface area contributed by atoms with Crippen LogP contribution in [0, 0.1) is 11.2 Å². The fraction of sp³-hybridized carbons (Fsp3) is 0.222. The van der Waals surface area contributed by atoms with Crippen LogP contribution in [0.1, 0.15) is 11.1 Å². The van der Waals surface area contributed by atoms with Crippen LogP contribution < -0.4 is 5.73 Å². The molecule has 0 saturated heterocycles. The molecular formula is C9H10BN2. The highest BCUT2D eigenvalue weighted by atomic mass is 14.5. The molecular weight excluding hydrogens is 147 g/mol. The van der Waals surface area contributed by atoms with Crippen molar-refractivity contribution in [3.63, 3.8) is 0 Å². The maximum absolute atomic E-state index is 8.30. The largest absolute Gasteiger partial charge is 0.326 e. The Bertz CT molecular complexity index is 274. The minimum absolute atomic E-state index is 0.572. The molecule has 0 heterocycles. The minimum atomic E-state index is 0.572. The first kappa shape index (κ1) is 8.83. The van der Waals surface area contributed by atoms with Crippen molar-refractivity contribution in [2.24, 2.45) is 5.73 Å². The number of nitrogens with two attached hydrogens (primary N) is 1. The second-order valence-corrected chi connectivity index (χ2v) is 2.56. The standard InChI is InChI=1S/C9H10BN2/c11-6-9-3-1-8(2-4-9)5-10-7-12/h1-4H,5-6,11H2. The van der Waals surface area contributed by atoms with Gasteiger partial charge < -0.3 is 5.73 Å². The highest BCUT2D eigenvalue weighted by Gasteiger charge is 1.93. The molecule has 1 rings (SSSR count). The summed E-state index contributed by atoms with van der Waals surface area (Å²) >= 11 is 0. The molecule has 0 bridgehead atoms. The summed E-state index contributed by atoms with van der Waals surface area (Å²) in [7, 11) is 1.58. The van der Waals surface area contributed by atoms with Gasteiger partial charge in [-0.15, -0.1) is 0 Å². The van der Waals surface area contributed by atoms with Crippen molar-refractivity contribution in [2.75, 3.05) is 0 Å². The van der Waals surface area contributed by atoms with E-state index in [4.69, 9.17) is 11.0 Å². The third-order valence-electron chi connectivity index (χ3n) is 1.69. The molecule has 3 heteroatoms. The lowest BCUT2D eigenvalue weighted by Gasteiger charge is -1.98. The van der Waals surface area contributed by atoms with Crippen molar-refractivity contribution in [1.82, 2.24) is 0 Å². The van der Waals surface area contributed by atoms with Gasteiger partial charge in [-0.3, -0.25) is 0 Å². The van der Waals surface area contributed by atoms with Gasteiger partial charge in [-0.05, 0) is 17.9 Å². The Labute approximate surface area is 73.2 Å². The minimum Gasteiger partial charge on any atom is -0.326 e. The van der Waals surface area contributed by atoms with Gasteiger partial charge >= 0.3 is 0 Å². The van der Waals surface area contributed by atoms with E-state index in [1.54, 1.807) is 7.28 Å². The molecule has 1 radical (unpaired) electrons. The fourth-order valence-corrected chi connectivity index (χ4v) is 0.975. The Hall–Kier alpha value is -1.27. The monoisotopic (exact) mass is 157 g/mol. The normalized spacial score (nSPS) is 9.00. The molecule has 1 aromatic carbocycles. The molecule has 0 amide bonds. The average Bonchev–Trinajstić information content (AvgIpc) is 2.15. The number of hydrogen-bond acceptors (Lipinski definition) is 2. The van der Waals surface area contributed by atoms with E-state index in [9.17, 15) is 0 Å². The number of hydrogen-bond donors (Lipinski definition) is 1. The molecule has 2 N–H and O–H groups in total. The van der Waals surface area contributed by atoms with Crippen molar-refractivity contribution >= 4 is 7.28 Å². The summed E-state index contributed by atoms with van der Waals surface area (Å²) in [6.45, 7) is 0.572. The Morgan fingerprint density at radius 2 is 1.83 bits per heavy atom. The first-order chi connectivity index (χ1) is 5.86. The van der Waals surface area contributed by atoms with E-state index in [-0.39, 0.29) is 0 Å². The lowest BCUT2D eigenvalue weighted by Crippen LogP contribution is -1.97. The lowest BCUT2D eigenvalue weighted by atomic mass is 9.74. The Balaban J connectivity index is 2.60. The fourth-order valence-electron chi connectivity index (χ4n) is 0.975. The van der Waals surface area contributed by atoms with Crippen molar-refractivity contribution in [2.45, 2.75) is 12.9 Å². The number of benzene rings is 1. The summed E-state index contributed by atoms with van der Waals surface area (Å²) in [6.07, 6.45) is 0.710. The summed E-state index contributed by atoms with van der Waals surface area (Å²) < 4.78 is 0. The summed E-state index contributed by atoms with van der Waals surface area (Å²) in [6, 6.07) is 7.97. The van der Waals surface area contributed by atoms with E-state index in [1.165, 1.54) is 0 Å². The zero-order valence-corrected chi connectivity index (χ0v) is 6.83. The summed E-state index contributed by atoms with van der Waals surface area (Å²) in [5.74, 6) is 2.00. The lowest BCUT2D eigenvalue weighted by molar-refractivity contribution is 1.07. The van der Waals surface area contributed by atoms with Crippen molar-refractivity contribution in [1.29, 1.82) is 5.26 Å². The highest BCUT2D eigenvalue weighted by Crippen LogP contribution is 2.03. The molecule has 0 saturated carbocycles. The highest BCUT2D eigenvalue weighted by molar-refractivity contribution is 6.44. The second kappa shape index (κ2) is 4.58. The number of nitriles is 1. The van der Waals surface area contributed by atoms with Crippen LogP contribution >= 0.6 is 0 Å². The van der Waals surface area contributed by atoms with Gasteiger partial charge in [-0.2, -0.15) is 0 Å². The van der Waals surface area contributed by atoms with Crippen molar-refractivity contribution < 1.29 is 0 Å². The van der Waals surface area contributed by atoms with Gasteiger partial charge in [0.15, 0.2) is 0 Å². The number of rotatable bonds is 3. The van der Waals surface area contributed by atoms with Gasteiger partial charge in [0, 0.05) is 6.54 Å². The molecule has 0 aromatic heterocycles. The molecule has 0 unspecified atom stereocenters. The van der Waals surface area contributed by atoms with Gasteiger partial charge in [-0.25, -0.2) is 5.26 Å². The van der Waals surface area contributed by atoms with Crippen LogP contribution in [0.15, 0.2) is 24.3 Å². The predicted molar refractivity (Wildman–Crippen MR) is 49.4 cm³/mol. The predicted octanol–water partition coefficient (Wildman–Crippen LogP) is 0.831. The third-order valence-corrected chi connectivity index (χ3v) is 1.69. The molecule has 12 heavy (non-hydrogen) atoms. The van der Waals surface area contributed by atoms with Gasteiger partial charge in [0.2, 0.25) is 0 Å². The molecule has 2 nitrogen and oxygen atoms in total. The van der Waals surface area contributed by atoms with Crippen LogP contribution in [0.4, 0.5) is 0 Å². The molecule has 0 aliphatic rings. The Morgan fingerprint density at radius 1 is 1.25 bits per heavy atom. The van der Waals surface area contributed by atoms with E-state index in [0.29, 0.717) is 12.9 Å². The van der Waals surface area contributed by atoms with Crippen molar-refractivity contribution in [3.8, 4) is 5.97 Å². The molecule has 1 aromatic rings. The third kappa shape index (κ3) is 2.41. The SMILES string of the molecule is N#C[B]Cc1ccc(CN)cc1. The van der Waals surface area contributed by atoms with Crippen LogP contribution in [0.3, 0.4) is 0 Å². The van der Waals surface area contributed by atoms with Crippen LogP contribution in [-0.2, 0) is 12.9 Å². The topological polar surface area (TPSA) is 49.8 Å². The zero-order chi connectivity index (χ0) is 8.81. The average molecular weight is 157 g/mol. The maximum atomic E-state index is 8.30. The van der Waals surface area contributed by atoms with Crippen LogP contribution in [0.25, 0.3) is 0 Å². The van der Waals surface area contributed by atoms with Crippen LogP contribution in [0.2, 0.25) is 0 Å². The van der Waals surface area contributed by atoms with Crippen molar-refractivity contribution in [3.05, 3.63) is 35.4 Å². The van der Waals surface area contributed by atoms with E-state index >= 15 is 0 Å². The van der Waals surface area contributed by atoms with E-state index in [2.05, 4.69) is 0 Å². The van der Waals surface area contributed by atoms with Gasteiger partial charge in [0.05, 0.1) is 0 Å².